The molecule has 0 aliphatic rings. The Hall–Kier alpha value is -2.25. The maximum absolute atomic E-state index is 13.4. The fourth-order valence-corrected chi connectivity index (χ4v) is 3.84. The van der Waals surface area contributed by atoms with Gasteiger partial charge in [0.25, 0.3) is 5.91 Å². The molecule has 140 valence electrons. The van der Waals surface area contributed by atoms with Crippen LogP contribution in [0.1, 0.15) is 42.3 Å². The molecule has 2 rings (SSSR count). The van der Waals surface area contributed by atoms with E-state index in [1.165, 1.54) is 24.3 Å². The van der Waals surface area contributed by atoms with Gasteiger partial charge in [0.1, 0.15) is 5.82 Å². The van der Waals surface area contributed by atoms with Crippen LogP contribution >= 0.6 is 0 Å². The van der Waals surface area contributed by atoms with Crippen LogP contribution in [0.3, 0.4) is 0 Å². The molecule has 0 unspecified atom stereocenters. The van der Waals surface area contributed by atoms with Crippen LogP contribution in [0.4, 0.5) is 10.1 Å². The third-order valence-electron chi connectivity index (χ3n) is 3.65. The second-order valence-corrected chi connectivity index (χ2v) is 8.93. The van der Waals surface area contributed by atoms with E-state index >= 15 is 0 Å². The third-order valence-corrected chi connectivity index (χ3v) is 5.41. The molecule has 0 aliphatic carbocycles. The second kappa shape index (κ2) is 7.17. The van der Waals surface area contributed by atoms with Crippen LogP contribution in [0, 0.1) is 19.7 Å². The lowest BCUT2D eigenvalue weighted by Crippen LogP contribution is -2.40. The summed E-state index contributed by atoms with van der Waals surface area (Å²) in [6, 6.07) is 8.45. The monoisotopic (exact) mass is 378 g/mol. The lowest BCUT2D eigenvalue weighted by atomic mass is 10.1. The molecule has 0 bridgehead atoms. The summed E-state index contributed by atoms with van der Waals surface area (Å²) >= 11 is 0. The molecule has 2 N–H and O–H groups in total. The average molecular weight is 378 g/mol. The fourth-order valence-electron chi connectivity index (χ4n) is 2.39. The minimum absolute atomic E-state index is 0.000797. The van der Waals surface area contributed by atoms with Crippen molar-refractivity contribution in [3.8, 4) is 0 Å². The van der Waals surface area contributed by atoms with Gasteiger partial charge in [0.05, 0.1) is 4.90 Å². The van der Waals surface area contributed by atoms with E-state index in [4.69, 9.17) is 0 Å². The zero-order valence-electron chi connectivity index (χ0n) is 15.5. The van der Waals surface area contributed by atoms with Crippen molar-refractivity contribution in [2.24, 2.45) is 0 Å². The van der Waals surface area contributed by atoms with Crippen LogP contribution in [0.2, 0.25) is 0 Å². The van der Waals surface area contributed by atoms with Crippen LogP contribution in [-0.2, 0) is 10.0 Å². The van der Waals surface area contributed by atoms with Gasteiger partial charge in [-0.15, -0.1) is 0 Å². The summed E-state index contributed by atoms with van der Waals surface area (Å²) in [5.74, 6) is -0.961. The van der Waals surface area contributed by atoms with Gasteiger partial charge in [0.2, 0.25) is 10.0 Å². The highest BCUT2D eigenvalue weighted by Crippen LogP contribution is 2.21. The first kappa shape index (κ1) is 20.1. The van der Waals surface area contributed by atoms with Gasteiger partial charge in [-0.2, -0.15) is 0 Å². The maximum atomic E-state index is 13.4. The number of amides is 1. The van der Waals surface area contributed by atoms with Crippen molar-refractivity contribution in [3.63, 3.8) is 0 Å². The van der Waals surface area contributed by atoms with E-state index in [-0.39, 0.29) is 10.5 Å². The number of nitrogens with one attached hydrogen (secondary N) is 2. The number of sulfonamides is 1. The van der Waals surface area contributed by atoms with Crippen molar-refractivity contribution < 1.29 is 17.6 Å². The highest BCUT2D eigenvalue weighted by Gasteiger charge is 2.23. The molecule has 2 aromatic rings. The van der Waals surface area contributed by atoms with Crippen LogP contribution in [0.25, 0.3) is 0 Å². The maximum Gasteiger partial charge on any atom is 0.255 e. The molecular weight excluding hydrogens is 355 g/mol. The van der Waals surface area contributed by atoms with Gasteiger partial charge in [-0.25, -0.2) is 17.5 Å². The average Bonchev–Trinajstić information content (AvgIpc) is 2.48. The van der Waals surface area contributed by atoms with E-state index in [0.29, 0.717) is 16.8 Å². The molecule has 0 aliphatic heterocycles. The molecular formula is C19H23FN2O3S. The van der Waals surface area contributed by atoms with Crippen molar-refractivity contribution in [1.29, 1.82) is 0 Å². The van der Waals surface area contributed by atoms with Gasteiger partial charge in [0.15, 0.2) is 0 Å². The van der Waals surface area contributed by atoms with E-state index in [2.05, 4.69) is 10.0 Å². The van der Waals surface area contributed by atoms with Gasteiger partial charge in [-0.1, -0.05) is 12.1 Å². The van der Waals surface area contributed by atoms with Gasteiger partial charge in [0, 0.05) is 16.8 Å². The molecule has 0 atom stereocenters. The van der Waals surface area contributed by atoms with Crippen molar-refractivity contribution >= 4 is 21.6 Å². The Morgan fingerprint density at radius 2 is 1.62 bits per heavy atom. The Balaban J connectivity index is 2.38. The van der Waals surface area contributed by atoms with Crippen molar-refractivity contribution in [2.75, 3.05) is 5.32 Å². The second-order valence-electron chi connectivity index (χ2n) is 7.25. The lowest BCUT2D eigenvalue weighted by molar-refractivity contribution is 0.102. The zero-order chi connectivity index (χ0) is 19.7. The summed E-state index contributed by atoms with van der Waals surface area (Å²) in [5.41, 5.74) is 1.23. The zero-order valence-corrected chi connectivity index (χ0v) is 16.3. The van der Waals surface area contributed by atoms with Gasteiger partial charge in [-0.05, 0) is 70.0 Å². The van der Waals surface area contributed by atoms with E-state index in [0.717, 1.165) is 0 Å². The summed E-state index contributed by atoms with van der Waals surface area (Å²) in [6.45, 7) is 8.66. The largest absolute Gasteiger partial charge is 0.322 e. The van der Waals surface area contributed by atoms with Crippen LogP contribution in [0.5, 0.6) is 0 Å². The number of aryl methyl sites for hydroxylation is 2. The Morgan fingerprint density at radius 1 is 1.00 bits per heavy atom. The molecule has 1 amide bonds. The highest BCUT2D eigenvalue weighted by atomic mass is 32.2. The number of halogens is 1. The normalized spacial score (nSPS) is 12.1. The topological polar surface area (TPSA) is 75.3 Å². The summed E-state index contributed by atoms with van der Waals surface area (Å²) in [5, 5.41) is 2.64. The summed E-state index contributed by atoms with van der Waals surface area (Å²) in [7, 11) is -3.77. The predicted octanol–water partition coefficient (Wildman–Crippen LogP) is 3.77. The molecule has 0 aromatic heterocycles. The SMILES string of the molecule is Cc1ccc(F)cc1NC(=O)c1cc(S(=O)(=O)NC(C)(C)C)ccc1C. The molecule has 26 heavy (non-hydrogen) atoms. The number of hydrogen-bond acceptors (Lipinski definition) is 3. The Kier molecular flexibility index (Phi) is 5.53. The number of rotatable bonds is 4. The Bertz CT molecular complexity index is 948. The number of hydrogen-bond donors (Lipinski definition) is 2. The Labute approximate surface area is 153 Å². The quantitative estimate of drug-likeness (QED) is 0.850. The number of carbonyl (C=O) groups is 1. The Morgan fingerprint density at radius 3 is 2.23 bits per heavy atom. The van der Waals surface area contributed by atoms with E-state index in [9.17, 15) is 17.6 Å². The molecule has 2 aromatic carbocycles. The molecule has 0 fully saturated rings. The van der Waals surface area contributed by atoms with Gasteiger partial charge in [-0.3, -0.25) is 4.79 Å². The standard InChI is InChI=1S/C19H23FN2O3S/c1-12-7-9-15(26(24,25)22-19(3,4)5)11-16(12)18(23)21-17-10-14(20)8-6-13(17)2/h6-11,22H,1-5H3,(H,21,23). The molecule has 7 heteroatoms. The molecule has 0 saturated heterocycles. The number of anilines is 1. The smallest absolute Gasteiger partial charge is 0.255 e. The van der Waals surface area contributed by atoms with Gasteiger partial charge < -0.3 is 5.32 Å². The molecule has 0 radical (unpaired) electrons. The molecule has 0 heterocycles. The molecule has 0 saturated carbocycles. The summed E-state index contributed by atoms with van der Waals surface area (Å²) in [6.07, 6.45) is 0. The van der Waals surface area contributed by atoms with E-state index in [1.807, 2.05) is 0 Å². The lowest BCUT2D eigenvalue weighted by Gasteiger charge is -2.20. The molecule has 5 nitrogen and oxygen atoms in total. The first-order valence-corrected chi connectivity index (χ1v) is 9.59. The summed E-state index contributed by atoms with van der Waals surface area (Å²) < 4.78 is 41.0. The van der Waals surface area contributed by atoms with Crippen LogP contribution < -0.4 is 10.0 Å². The van der Waals surface area contributed by atoms with Crippen LogP contribution in [0.15, 0.2) is 41.3 Å². The highest BCUT2D eigenvalue weighted by molar-refractivity contribution is 7.89. The van der Waals surface area contributed by atoms with Crippen molar-refractivity contribution in [2.45, 2.75) is 45.1 Å². The predicted molar refractivity (Wildman–Crippen MR) is 100 cm³/mol. The van der Waals surface area contributed by atoms with Crippen molar-refractivity contribution in [3.05, 3.63) is 58.9 Å². The van der Waals surface area contributed by atoms with E-state index in [1.54, 1.807) is 46.8 Å². The first-order valence-electron chi connectivity index (χ1n) is 8.11. The first-order chi connectivity index (χ1) is 11.9. The summed E-state index contributed by atoms with van der Waals surface area (Å²) in [4.78, 5) is 12.6. The third kappa shape index (κ3) is 4.89. The van der Waals surface area contributed by atoms with Crippen LogP contribution in [-0.4, -0.2) is 19.9 Å². The van der Waals surface area contributed by atoms with Gasteiger partial charge >= 0.3 is 0 Å². The minimum atomic E-state index is -3.77. The van der Waals surface area contributed by atoms with Crippen molar-refractivity contribution in [1.82, 2.24) is 4.72 Å². The fraction of sp³-hybridized carbons (Fsp3) is 0.316. The minimum Gasteiger partial charge on any atom is -0.322 e. The number of carbonyl (C=O) groups excluding carboxylic acids is 1. The molecule has 0 spiro atoms. The van der Waals surface area contributed by atoms with E-state index < -0.39 is 27.3 Å². The number of benzene rings is 2.